The molecule has 1 aliphatic rings. The first-order valence-electron chi connectivity index (χ1n) is 8.17. The highest BCUT2D eigenvalue weighted by molar-refractivity contribution is 6.33. The monoisotopic (exact) mass is 395 g/mol. The number of halogens is 2. The average molecular weight is 396 g/mol. The summed E-state index contributed by atoms with van der Waals surface area (Å²) < 4.78 is 10.6. The predicted octanol–water partition coefficient (Wildman–Crippen LogP) is 3.48. The van der Waals surface area contributed by atoms with Crippen molar-refractivity contribution in [3.05, 3.63) is 51.6 Å². The summed E-state index contributed by atoms with van der Waals surface area (Å²) >= 11 is 12.3. The lowest BCUT2D eigenvalue weighted by atomic mass is 10.2. The zero-order chi connectivity index (χ0) is 18.5. The lowest BCUT2D eigenvalue weighted by Gasteiger charge is -2.26. The molecule has 138 valence electrons. The standard InChI is InChI=1S/C18H19Cl2N3O3/c1-25-16-3-2-14(19)8-12(16)10-21-17-15(20)9-13(11-22-17)18(24)23-4-6-26-7-5-23/h2-3,8-9,11H,4-7,10H2,1H3,(H,21,22). The number of benzene rings is 1. The number of hydrogen-bond donors (Lipinski definition) is 1. The summed E-state index contributed by atoms with van der Waals surface area (Å²) in [5.41, 5.74) is 1.34. The summed E-state index contributed by atoms with van der Waals surface area (Å²) in [7, 11) is 1.60. The number of pyridine rings is 1. The molecule has 0 saturated carbocycles. The van der Waals surface area contributed by atoms with Crippen molar-refractivity contribution in [2.75, 3.05) is 38.7 Å². The smallest absolute Gasteiger partial charge is 0.255 e. The molecule has 0 atom stereocenters. The van der Waals surface area contributed by atoms with Gasteiger partial charge >= 0.3 is 0 Å². The van der Waals surface area contributed by atoms with Crippen molar-refractivity contribution in [3.63, 3.8) is 0 Å². The number of ether oxygens (including phenoxy) is 2. The van der Waals surface area contributed by atoms with Gasteiger partial charge < -0.3 is 19.7 Å². The van der Waals surface area contributed by atoms with Crippen molar-refractivity contribution in [1.29, 1.82) is 0 Å². The van der Waals surface area contributed by atoms with Crippen molar-refractivity contribution in [1.82, 2.24) is 9.88 Å². The number of nitrogens with zero attached hydrogens (tertiary/aromatic N) is 2. The third-order valence-corrected chi connectivity index (χ3v) is 4.60. The lowest BCUT2D eigenvalue weighted by molar-refractivity contribution is 0.0302. The van der Waals surface area contributed by atoms with Crippen LogP contribution in [0, 0.1) is 0 Å². The fraction of sp³-hybridized carbons (Fsp3) is 0.333. The van der Waals surface area contributed by atoms with Crippen LogP contribution in [0.15, 0.2) is 30.5 Å². The molecule has 0 radical (unpaired) electrons. The molecular weight excluding hydrogens is 377 g/mol. The number of anilines is 1. The quantitative estimate of drug-likeness (QED) is 0.839. The van der Waals surface area contributed by atoms with Crippen LogP contribution < -0.4 is 10.1 Å². The number of amides is 1. The fourth-order valence-corrected chi connectivity index (χ4v) is 3.13. The van der Waals surface area contributed by atoms with Gasteiger partial charge in [0.2, 0.25) is 0 Å². The van der Waals surface area contributed by atoms with Gasteiger partial charge in [-0.3, -0.25) is 4.79 Å². The summed E-state index contributed by atoms with van der Waals surface area (Å²) in [5.74, 6) is 1.12. The van der Waals surface area contributed by atoms with Gasteiger partial charge in [-0.2, -0.15) is 0 Å². The minimum absolute atomic E-state index is 0.0919. The van der Waals surface area contributed by atoms with Gasteiger partial charge in [0.25, 0.3) is 5.91 Å². The number of nitrogens with one attached hydrogen (secondary N) is 1. The number of rotatable bonds is 5. The molecule has 26 heavy (non-hydrogen) atoms. The van der Waals surface area contributed by atoms with Crippen LogP contribution in [0.1, 0.15) is 15.9 Å². The maximum absolute atomic E-state index is 12.5. The topological polar surface area (TPSA) is 63.7 Å². The molecule has 1 fully saturated rings. The second-order valence-corrected chi connectivity index (χ2v) is 6.61. The average Bonchev–Trinajstić information content (AvgIpc) is 2.67. The fourth-order valence-electron chi connectivity index (χ4n) is 2.70. The molecule has 1 aromatic carbocycles. The van der Waals surface area contributed by atoms with E-state index in [0.29, 0.717) is 54.3 Å². The van der Waals surface area contributed by atoms with E-state index >= 15 is 0 Å². The molecule has 0 unspecified atom stereocenters. The van der Waals surface area contributed by atoms with E-state index in [2.05, 4.69) is 10.3 Å². The molecular formula is C18H19Cl2N3O3. The van der Waals surface area contributed by atoms with Gasteiger partial charge in [-0.1, -0.05) is 23.2 Å². The third-order valence-electron chi connectivity index (χ3n) is 4.08. The molecule has 1 N–H and O–H groups in total. The molecule has 8 heteroatoms. The van der Waals surface area contributed by atoms with Crippen LogP contribution >= 0.6 is 23.2 Å². The van der Waals surface area contributed by atoms with Crippen LogP contribution in [0.4, 0.5) is 5.82 Å². The number of morpholine rings is 1. The first-order valence-corrected chi connectivity index (χ1v) is 8.93. The van der Waals surface area contributed by atoms with Crippen LogP contribution in [-0.4, -0.2) is 49.2 Å². The maximum atomic E-state index is 12.5. The van der Waals surface area contributed by atoms with Gasteiger partial charge in [-0.05, 0) is 24.3 Å². The van der Waals surface area contributed by atoms with E-state index in [-0.39, 0.29) is 5.91 Å². The van der Waals surface area contributed by atoms with Crippen LogP contribution in [-0.2, 0) is 11.3 Å². The summed E-state index contributed by atoms with van der Waals surface area (Å²) in [5, 5.41) is 4.15. The van der Waals surface area contributed by atoms with Crippen LogP contribution in [0.3, 0.4) is 0 Å². The molecule has 1 aromatic heterocycles. The lowest BCUT2D eigenvalue weighted by Crippen LogP contribution is -2.40. The second-order valence-electron chi connectivity index (χ2n) is 5.77. The second kappa shape index (κ2) is 8.58. The van der Waals surface area contributed by atoms with Gasteiger partial charge in [0.05, 0.1) is 30.9 Å². The van der Waals surface area contributed by atoms with Crippen LogP contribution in [0.2, 0.25) is 10.0 Å². The van der Waals surface area contributed by atoms with Crippen LogP contribution in [0.5, 0.6) is 5.75 Å². The number of aromatic nitrogens is 1. The Morgan fingerprint density at radius 3 is 2.77 bits per heavy atom. The Hall–Kier alpha value is -2.02. The molecule has 1 aliphatic heterocycles. The number of carbonyl (C=O) groups is 1. The van der Waals surface area contributed by atoms with Crippen molar-refractivity contribution in [2.45, 2.75) is 6.54 Å². The first kappa shape index (κ1) is 18.8. The van der Waals surface area contributed by atoms with Gasteiger partial charge in [0, 0.05) is 36.4 Å². The minimum Gasteiger partial charge on any atom is -0.496 e. The molecule has 0 bridgehead atoms. The van der Waals surface area contributed by atoms with Gasteiger partial charge in [-0.25, -0.2) is 4.98 Å². The normalized spacial score (nSPS) is 14.2. The zero-order valence-electron chi connectivity index (χ0n) is 14.3. The van der Waals surface area contributed by atoms with E-state index in [1.165, 1.54) is 6.20 Å². The Bertz CT molecular complexity index is 795. The minimum atomic E-state index is -0.0919. The number of methoxy groups -OCH3 is 1. The van der Waals surface area contributed by atoms with Crippen LogP contribution in [0.25, 0.3) is 0 Å². The van der Waals surface area contributed by atoms with Gasteiger partial charge in [0.15, 0.2) is 0 Å². The molecule has 2 aromatic rings. The Labute approximate surface area is 162 Å². The van der Waals surface area contributed by atoms with E-state index in [4.69, 9.17) is 32.7 Å². The zero-order valence-corrected chi connectivity index (χ0v) is 15.8. The van der Waals surface area contributed by atoms with Crippen molar-refractivity contribution in [2.24, 2.45) is 0 Å². The van der Waals surface area contributed by atoms with Crippen molar-refractivity contribution in [3.8, 4) is 5.75 Å². The molecule has 1 saturated heterocycles. The Morgan fingerprint density at radius 1 is 1.31 bits per heavy atom. The van der Waals surface area contributed by atoms with E-state index in [1.807, 2.05) is 6.07 Å². The third kappa shape index (κ3) is 4.38. The maximum Gasteiger partial charge on any atom is 0.255 e. The molecule has 2 heterocycles. The molecule has 0 spiro atoms. The number of hydrogen-bond acceptors (Lipinski definition) is 5. The SMILES string of the molecule is COc1ccc(Cl)cc1CNc1ncc(C(=O)N2CCOCC2)cc1Cl. The largest absolute Gasteiger partial charge is 0.496 e. The first-order chi connectivity index (χ1) is 12.6. The Balaban J connectivity index is 1.70. The van der Waals surface area contributed by atoms with E-state index in [1.54, 1.807) is 30.2 Å². The highest BCUT2D eigenvalue weighted by Gasteiger charge is 2.19. The highest BCUT2D eigenvalue weighted by Crippen LogP contribution is 2.26. The van der Waals surface area contributed by atoms with E-state index < -0.39 is 0 Å². The van der Waals surface area contributed by atoms with Crippen molar-refractivity contribution >= 4 is 34.9 Å². The molecule has 0 aliphatic carbocycles. The molecule has 1 amide bonds. The molecule has 6 nitrogen and oxygen atoms in total. The van der Waals surface area contributed by atoms with E-state index in [0.717, 1.165) is 11.3 Å². The summed E-state index contributed by atoms with van der Waals surface area (Å²) in [4.78, 5) is 18.5. The molecule has 3 rings (SSSR count). The summed E-state index contributed by atoms with van der Waals surface area (Å²) in [6, 6.07) is 7.02. The predicted molar refractivity (Wildman–Crippen MR) is 101 cm³/mol. The summed E-state index contributed by atoms with van der Waals surface area (Å²) in [6.07, 6.45) is 1.53. The highest BCUT2D eigenvalue weighted by atomic mass is 35.5. The Morgan fingerprint density at radius 2 is 2.08 bits per heavy atom. The van der Waals surface area contributed by atoms with E-state index in [9.17, 15) is 4.79 Å². The van der Waals surface area contributed by atoms with Crippen molar-refractivity contribution < 1.29 is 14.3 Å². The number of carbonyl (C=O) groups excluding carboxylic acids is 1. The van der Waals surface area contributed by atoms with Gasteiger partial charge in [-0.15, -0.1) is 0 Å². The summed E-state index contributed by atoms with van der Waals surface area (Å²) in [6.45, 7) is 2.69. The van der Waals surface area contributed by atoms with Gasteiger partial charge in [0.1, 0.15) is 11.6 Å². The Kier molecular flexibility index (Phi) is 6.19.